The highest BCUT2D eigenvalue weighted by Gasteiger charge is 2.26. The van der Waals surface area contributed by atoms with Gasteiger partial charge in [-0.2, -0.15) is 0 Å². The van der Waals surface area contributed by atoms with Crippen LogP contribution in [0.4, 0.5) is 0 Å². The van der Waals surface area contributed by atoms with E-state index < -0.39 is 0 Å². The van der Waals surface area contributed by atoms with Crippen LogP contribution in [0.5, 0.6) is 0 Å². The fraction of sp³-hybridized carbons (Fsp3) is 0.615. The molecule has 3 rings (SSSR count). The monoisotopic (exact) mass is 218 g/mol. The largest absolute Gasteiger partial charge is 0.381 e. The van der Waals surface area contributed by atoms with Crippen LogP contribution in [0.25, 0.3) is 0 Å². The summed E-state index contributed by atoms with van der Waals surface area (Å²) < 4.78 is 5.38. The molecule has 0 bridgehead atoms. The van der Waals surface area contributed by atoms with Gasteiger partial charge in [0.25, 0.3) is 0 Å². The lowest BCUT2D eigenvalue weighted by Crippen LogP contribution is -2.36. The first kappa shape index (κ1) is 10.2. The van der Waals surface area contributed by atoms with E-state index in [1.54, 1.807) is 0 Å². The van der Waals surface area contributed by atoms with E-state index in [1.807, 2.05) is 12.3 Å². The van der Waals surface area contributed by atoms with Crippen molar-refractivity contribution < 1.29 is 4.74 Å². The zero-order valence-corrected chi connectivity index (χ0v) is 9.48. The molecule has 3 nitrogen and oxygen atoms in total. The Labute approximate surface area is 96.2 Å². The molecule has 0 amide bonds. The van der Waals surface area contributed by atoms with Gasteiger partial charge < -0.3 is 10.1 Å². The van der Waals surface area contributed by atoms with Crippen molar-refractivity contribution in [1.29, 1.82) is 0 Å². The van der Waals surface area contributed by atoms with Gasteiger partial charge in [0.1, 0.15) is 0 Å². The predicted molar refractivity (Wildman–Crippen MR) is 62.3 cm³/mol. The number of aromatic nitrogens is 1. The Morgan fingerprint density at radius 2 is 2.12 bits per heavy atom. The number of hydrogen-bond acceptors (Lipinski definition) is 3. The molecule has 2 aliphatic rings. The van der Waals surface area contributed by atoms with Crippen molar-refractivity contribution in [2.24, 2.45) is 0 Å². The topological polar surface area (TPSA) is 34.2 Å². The lowest BCUT2D eigenvalue weighted by molar-refractivity contribution is 0.0747. The Hall–Kier alpha value is -0.930. The molecule has 3 heteroatoms. The Kier molecular flexibility index (Phi) is 2.89. The molecule has 1 aromatic heterocycles. The number of hydrogen-bond donors (Lipinski definition) is 1. The van der Waals surface area contributed by atoms with E-state index in [4.69, 9.17) is 4.74 Å². The second-order valence-electron chi connectivity index (χ2n) is 4.69. The molecule has 16 heavy (non-hydrogen) atoms. The van der Waals surface area contributed by atoms with Crippen LogP contribution in [-0.4, -0.2) is 24.2 Å². The number of pyridine rings is 1. The van der Waals surface area contributed by atoms with E-state index in [9.17, 15) is 0 Å². The van der Waals surface area contributed by atoms with E-state index in [-0.39, 0.29) is 0 Å². The fourth-order valence-corrected chi connectivity index (χ4v) is 2.72. The summed E-state index contributed by atoms with van der Waals surface area (Å²) in [5.41, 5.74) is 2.70. The highest BCUT2D eigenvalue weighted by Crippen LogP contribution is 2.29. The molecule has 0 aromatic carbocycles. The van der Waals surface area contributed by atoms with Gasteiger partial charge in [0.2, 0.25) is 0 Å². The van der Waals surface area contributed by atoms with Gasteiger partial charge in [0.05, 0.1) is 11.7 Å². The van der Waals surface area contributed by atoms with Gasteiger partial charge in [-0.3, -0.25) is 4.98 Å². The highest BCUT2D eigenvalue weighted by molar-refractivity contribution is 5.27. The van der Waals surface area contributed by atoms with Crippen LogP contribution in [0.3, 0.4) is 0 Å². The van der Waals surface area contributed by atoms with E-state index in [0.717, 1.165) is 26.1 Å². The van der Waals surface area contributed by atoms with Crippen LogP contribution in [-0.2, 0) is 11.2 Å². The number of rotatable bonds is 2. The normalized spacial score (nSPS) is 25.6. The third-order valence-electron chi connectivity index (χ3n) is 3.62. The average Bonchev–Trinajstić information content (AvgIpc) is 2.74. The molecule has 86 valence electrons. The van der Waals surface area contributed by atoms with Gasteiger partial charge in [-0.1, -0.05) is 6.07 Å². The zero-order valence-electron chi connectivity index (χ0n) is 9.48. The number of fused-ring (bicyclic) bond motifs is 1. The van der Waals surface area contributed by atoms with Crippen molar-refractivity contribution in [3.05, 3.63) is 29.6 Å². The zero-order chi connectivity index (χ0) is 10.8. The van der Waals surface area contributed by atoms with Crippen molar-refractivity contribution in [3.8, 4) is 0 Å². The number of nitrogens with zero attached hydrogens (tertiary/aromatic N) is 1. The molecule has 1 aliphatic heterocycles. The maximum absolute atomic E-state index is 5.38. The molecule has 0 spiro atoms. The maximum atomic E-state index is 5.38. The third kappa shape index (κ3) is 1.97. The second-order valence-corrected chi connectivity index (χ2v) is 4.69. The van der Waals surface area contributed by atoms with Gasteiger partial charge >= 0.3 is 0 Å². The van der Waals surface area contributed by atoms with E-state index >= 15 is 0 Å². The quantitative estimate of drug-likeness (QED) is 0.822. The summed E-state index contributed by atoms with van der Waals surface area (Å²) in [6.07, 6.45) is 6.55. The maximum Gasteiger partial charge on any atom is 0.0605 e. The Balaban J connectivity index is 1.68. The summed E-state index contributed by atoms with van der Waals surface area (Å²) in [4.78, 5) is 4.51. The van der Waals surface area contributed by atoms with Crippen LogP contribution in [0.2, 0.25) is 0 Å². The minimum atomic E-state index is 0.472. The van der Waals surface area contributed by atoms with E-state index in [1.165, 1.54) is 24.1 Å². The van der Waals surface area contributed by atoms with Crippen LogP contribution < -0.4 is 5.32 Å². The molecule has 1 aromatic rings. The standard InChI is InChI=1S/C13H18N2O/c1-2-10-3-4-12(13(10)14-7-1)15-11-5-8-16-9-6-11/h1-2,7,11-12,15H,3-6,8-9H2. The molecule has 1 fully saturated rings. The van der Waals surface area contributed by atoms with Crippen LogP contribution in [0, 0.1) is 0 Å². The third-order valence-corrected chi connectivity index (χ3v) is 3.62. The van der Waals surface area contributed by atoms with Crippen molar-refractivity contribution >= 4 is 0 Å². The molecule has 1 saturated heterocycles. The Bertz CT molecular complexity index is 361. The smallest absolute Gasteiger partial charge is 0.0605 e. The number of nitrogens with one attached hydrogen (secondary N) is 1. The number of aryl methyl sites for hydroxylation is 1. The Morgan fingerprint density at radius 1 is 1.25 bits per heavy atom. The number of ether oxygens (including phenoxy) is 1. The SMILES string of the molecule is c1cnc2c(c1)CCC2NC1CCOCC1. The average molecular weight is 218 g/mol. The summed E-state index contributed by atoms with van der Waals surface area (Å²) in [7, 11) is 0. The summed E-state index contributed by atoms with van der Waals surface area (Å²) >= 11 is 0. The summed E-state index contributed by atoms with van der Waals surface area (Å²) in [5, 5.41) is 3.73. The molecular weight excluding hydrogens is 200 g/mol. The predicted octanol–water partition coefficient (Wildman–Crippen LogP) is 1.84. The molecule has 1 unspecified atom stereocenters. The first-order chi connectivity index (χ1) is 7.93. The minimum absolute atomic E-state index is 0.472. The molecule has 1 atom stereocenters. The first-order valence-electron chi connectivity index (χ1n) is 6.21. The van der Waals surface area contributed by atoms with Gasteiger partial charge in [0, 0.05) is 25.5 Å². The van der Waals surface area contributed by atoms with Gasteiger partial charge in [0.15, 0.2) is 0 Å². The molecule has 0 radical (unpaired) electrons. The molecular formula is C13H18N2O. The fourth-order valence-electron chi connectivity index (χ4n) is 2.72. The molecule has 2 heterocycles. The van der Waals surface area contributed by atoms with Crippen LogP contribution in [0.15, 0.2) is 18.3 Å². The van der Waals surface area contributed by atoms with Crippen molar-refractivity contribution in [3.63, 3.8) is 0 Å². The van der Waals surface area contributed by atoms with Crippen molar-refractivity contribution in [2.45, 2.75) is 37.8 Å². The first-order valence-corrected chi connectivity index (χ1v) is 6.21. The lowest BCUT2D eigenvalue weighted by atomic mass is 10.1. The molecule has 1 N–H and O–H groups in total. The lowest BCUT2D eigenvalue weighted by Gasteiger charge is -2.26. The highest BCUT2D eigenvalue weighted by atomic mass is 16.5. The second kappa shape index (κ2) is 4.52. The van der Waals surface area contributed by atoms with Gasteiger partial charge in [-0.15, -0.1) is 0 Å². The van der Waals surface area contributed by atoms with Crippen LogP contribution in [0.1, 0.15) is 36.6 Å². The summed E-state index contributed by atoms with van der Waals surface area (Å²) in [6.45, 7) is 1.80. The molecule has 1 aliphatic carbocycles. The summed E-state index contributed by atoms with van der Waals surface area (Å²) in [6, 6.07) is 5.33. The summed E-state index contributed by atoms with van der Waals surface area (Å²) in [5.74, 6) is 0. The van der Waals surface area contributed by atoms with Crippen molar-refractivity contribution in [1.82, 2.24) is 10.3 Å². The Morgan fingerprint density at radius 3 is 3.00 bits per heavy atom. The van der Waals surface area contributed by atoms with E-state index in [0.29, 0.717) is 12.1 Å². The molecule has 0 saturated carbocycles. The van der Waals surface area contributed by atoms with Crippen LogP contribution >= 0.6 is 0 Å². The van der Waals surface area contributed by atoms with Gasteiger partial charge in [-0.05, 0) is 37.3 Å². The van der Waals surface area contributed by atoms with Gasteiger partial charge in [-0.25, -0.2) is 0 Å². The minimum Gasteiger partial charge on any atom is -0.381 e. The van der Waals surface area contributed by atoms with E-state index in [2.05, 4.69) is 16.4 Å². The van der Waals surface area contributed by atoms with Crippen molar-refractivity contribution in [2.75, 3.05) is 13.2 Å².